The summed E-state index contributed by atoms with van der Waals surface area (Å²) >= 11 is 0. The van der Waals surface area contributed by atoms with E-state index in [2.05, 4.69) is 62.8 Å². The quantitative estimate of drug-likeness (QED) is 0.0250. The monoisotopic (exact) mass is 1600 g/mol. The summed E-state index contributed by atoms with van der Waals surface area (Å²) in [6.45, 7) is 49.5. The molecule has 24 heteroatoms. The van der Waals surface area contributed by atoms with Crippen molar-refractivity contribution >= 4 is 76.2 Å². The number of unbranched alkanes of at least 4 members (excludes halogenated alkanes) is 9. The summed E-state index contributed by atoms with van der Waals surface area (Å²) in [4.78, 5) is 159. The molecular weight excluding hydrogens is 1440 g/mol. The van der Waals surface area contributed by atoms with E-state index in [1.807, 2.05) is 96.9 Å². The van der Waals surface area contributed by atoms with E-state index in [-0.39, 0.29) is 155 Å². The van der Waals surface area contributed by atoms with Gasteiger partial charge in [-0.25, -0.2) is 0 Å². The van der Waals surface area contributed by atoms with Gasteiger partial charge in [-0.3, -0.25) is 77.0 Å². The van der Waals surface area contributed by atoms with Gasteiger partial charge in [0, 0.05) is 152 Å². The molecule has 24 nitrogen and oxygen atoms in total. The number of carbonyl (C=O) groups excluding carboxylic acids is 13. The minimum absolute atomic E-state index is 0.0103. The Balaban J connectivity index is 0.000000709. The number of hydrogen-bond donors (Lipinski definition) is 4. The number of nitrogens with zero attached hydrogens (tertiary/aromatic N) is 3. The van der Waals surface area contributed by atoms with Crippen LogP contribution in [0.5, 0.6) is 0 Å². The molecule has 652 valence electrons. The van der Waals surface area contributed by atoms with Crippen molar-refractivity contribution in [2.45, 2.75) is 305 Å². The zero-order valence-electron chi connectivity index (χ0n) is 74.2. The molecule has 0 aromatic rings. The van der Waals surface area contributed by atoms with Crippen LogP contribution >= 0.6 is 0 Å². The normalized spacial score (nSPS) is 19.9. The van der Waals surface area contributed by atoms with Gasteiger partial charge < -0.3 is 40.2 Å². The predicted molar refractivity (Wildman–Crippen MR) is 445 cm³/mol. The number of nitrogens with one attached hydrogen (secondary N) is 4. The Bertz CT molecular complexity index is 2820. The molecule has 113 heavy (non-hydrogen) atoms. The van der Waals surface area contributed by atoms with Crippen LogP contribution in [0, 0.1) is 88.8 Å². The van der Waals surface area contributed by atoms with Crippen LogP contribution in [0.2, 0.25) is 0 Å². The smallest absolute Gasteiger partial charge is 0.233 e. The van der Waals surface area contributed by atoms with E-state index < -0.39 is 11.8 Å². The first-order valence-corrected chi connectivity index (χ1v) is 43.8. The molecule has 5 rings (SSSR count). The van der Waals surface area contributed by atoms with Gasteiger partial charge in [0.25, 0.3) is 0 Å². The zero-order valence-corrected chi connectivity index (χ0v) is 74.2. The van der Waals surface area contributed by atoms with Gasteiger partial charge >= 0.3 is 0 Å². The van der Waals surface area contributed by atoms with E-state index in [1.165, 1.54) is 40.4 Å². The maximum absolute atomic E-state index is 12.2. The van der Waals surface area contributed by atoms with Crippen molar-refractivity contribution in [2.75, 3.05) is 98.7 Å². The minimum atomic E-state index is -0.439. The van der Waals surface area contributed by atoms with Crippen LogP contribution in [-0.2, 0) is 81.3 Å². The Kier molecular flexibility index (Phi) is 56.0. The van der Waals surface area contributed by atoms with Crippen LogP contribution in [0.4, 0.5) is 0 Å². The highest BCUT2D eigenvalue weighted by Crippen LogP contribution is 2.34. The van der Waals surface area contributed by atoms with Crippen LogP contribution in [-0.4, -0.2) is 202 Å². The van der Waals surface area contributed by atoms with Crippen molar-refractivity contribution in [3.05, 3.63) is 0 Å². The van der Waals surface area contributed by atoms with E-state index in [0.717, 1.165) is 96.4 Å². The molecular formula is C89H159N7O17. The van der Waals surface area contributed by atoms with E-state index >= 15 is 0 Å². The van der Waals surface area contributed by atoms with Crippen LogP contribution in [0.25, 0.3) is 0 Å². The number of ether oxygens (including phenoxy) is 4. The summed E-state index contributed by atoms with van der Waals surface area (Å²) in [6, 6.07) is 0.833. The summed E-state index contributed by atoms with van der Waals surface area (Å²) < 4.78 is 21.9. The molecule has 5 aliphatic rings. The predicted octanol–water partition coefficient (Wildman–Crippen LogP) is 13.1. The second-order valence-electron chi connectivity index (χ2n) is 35.4. The van der Waals surface area contributed by atoms with E-state index in [0.29, 0.717) is 141 Å². The summed E-state index contributed by atoms with van der Waals surface area (Å²) in [5.41, 5.74) is 0. The molecule has 4 N–H and O–H groups in total. The molecule has 0 bridgehead atoms. The molecule has 0 spiro atoms. The van der Waals surface area contributed by atoms with Gasteiger partial charge in [-0.15, -0.1) is 0 Å². The van der Waals surface area contributed by atoms with Crippen molar-refractivity contribution in [1.29, 1.82) is 0 Å². The van der Waals surface area contributed by atoms with Crippen molar-refractivity contribution in [3.63, 3.8) is 0 Å². The number of rotatable bonds is 53. The Morgan fingerprint density at radius 1 is 0.345 bits per heavy atom. The number of carbonyl (C=O) groups is 13. The summed E-state index contributed by atoms with van der Waals surface area (Å²) in [7, 11) is 0. The number of hydrogen-bond acceptors (Lipinski definition) is 19. The molecule has 2 aliphatic carbocycles. The SMILES string of the molecule is CC(C)CCCOCCOCCC1C(=O)CC(C(C)C)C1=O.CC(C)CNC(=O)CCCCCCCCCCN1C(=O)CC(C(C)C)C1=O.CC(C)CNC(=O)CCN1C(=O)CC(C(C)C)C1=O.CC(C)NCC(=O)CCCCCN1C(=O)CC(C(C)C)C1=O.CC(C)NCCCOCCOCCC1C(=O)CC(C(C)C)C1=O. The van der Waals surface area contributed by atoms with Crippen LogP contribution in [0.3, 0.4) is 0 Å². The van der Waals surface area contributed by atoms with Crippen LogP contribution < -0.4 is 21.3 Å². The second-order valence-corrected chi connectivity index (χ2v) is 35.4. The van der Waals surface area contributed by atoms with Crippen LogP contribution in [0.15, 0.2) is 0 Å². The Hall–Kier alpha value is -5.53. The highest BCUT2D eigenvalue weighted by molar-refractivity contribution is 6.11. The van der Waals surface area contributed by atoms with Crippen molar-refractivity contribution in [3.8, 4) is 0 Å². The Labute approximate surface area is 682 Å². The number of imide groups is 3. The average molecular weight is 1600 g/mol. The van der Waals surface area contributed by atoms with Crippen molar-refractivity contribution in [2.24, 2.45) is 88.8 Å². The highest BCUT2D eigenvalue weighted by Gasteiger charge is 2.45. The third kappa shape index (κ3) is 45.1. The van der Waals surface area contributed by atoms with Gasteiger partial charge in [0.05, 0.1) is 44.8 Å². The van der Waals surface area contributed by atoms with E-state index in [4.69, 9.17) is 18.9 Å². The molecule has 5 fully saturated rings. The fourth-order valence-electron chi connectivity index (χ4n) is 13.9. The third-order valence-corrected chi connectivity index (χ3v) is 21.4. The maximum atomic E-state index is 12.2. The first kappa shape index (κ1) is 105. The molecule has 2 saturated carbocycles. The van der Waals surface area contributed by atoms with Crippen molar-refractivity contribution in [1.82, 2.24) is 36.0 Å². The first-order chi connectivity index (χ1) is 53.3. The molecule has 8 amide bonds. The van der Waals surface area contributed by atoms with E-state index in [9.17, 15) is 62.3 Å². The van der Waals surface area contributed by atoms with Gasteiger partial charge in [0.1, 0.15) is 28.9 Å². The zero-order chi connectivity index (χ0) is 85.3. The lowest BCUT2D eigenvalue weighted by atomic mass is 9.91. The number of likely N-dealkylation sites (tertiary alicyclic amines) is 3. The highest BCUT2D eigenvalue weighted by atomic mass is 16.5. The second kappa shape index (κ2) is 60.0. The van der Waals surface area contributed by atoms with Gasteiger partial charge in [0.15, 0.2) is 0 Å². The lowest BCUT2D eigenvalue weighted by Crippen LogP contribution is -2.36. The lowest BCUT2D eigenvalue weighted by molar-refractivity contribution is -0.141. The number of amides is 8. The summed E-state index contributed by atoms with van der Waals surface area (Å²) in [5.74, 6) is 1.65. The Morgan fingerprint density at radius 2 is 0.681 bits per heavy atom. The fraction of sp³-hybridized carbons (Fsp3) is 0.854. The average Bonchev–Trinajstić information content (AvgIpc) is 1.70. The van der Waals surface area contributed by atoms with Gasteiger partial charge in [-0.05, 0) is 112 Å². The van der Waals surface area contributed by atoms with Crippen LogP contribution in [0.1, 0.15) is 293 Å². The molecule has 7 unspecified atom stereocenters. The lowest BCUT2D eigenvalue weighted by Gasteiger charge is -2.16. The molecule has 3 saturated heterocycles. The summed E-state index contributed by atoms with van der Waals surface area (Å²) in [5, 5.41) is 12.2. The molecule has 3 heterocycles. The number of ketones is 5. The first-order valence-electron chi connectivity index (χ1n) is 43.8. The van der Waals surface area contributed by atoms with Gasteiger partial charge in [0.2, 0.25) is 47.3 Å². The standard InChI is InChI=1S/C22H40N2O3.C18H33NO4.C18H32O4.C17H30N2O3.C14H24N2O3/c1-17(2)16-23-20(25)13-11-9-7-5-6-8-10-12-14-24-21(26)15-19(18(3)4)22(24)27;1-13(2)16-12-17(20)15(18(16)21)6-9-23-11-10-22-8-5-7-19-14(3)4;1-13(2)6-5-8-21-10-11-22-9-7-15-17(19)12-16(14(3)4)18(15)20;1-12(2)15-10-16(21)19(17(15)22)9-7-5-6-8-14(20)11-18-13(3)4;1-9(2)8-15-12(17)5-6-16-13(18)7-11(10(3)4)14(16)19/h17-19H,5-16H2,1-4H3,(H,23,25);13-16,19H,5-12H2,1-4H3;13-16H,5-12H2,1-4H3;12-13,15,18H,5-11H2,1-4H3;9-11H,5-8H2,1-4H3,(H,15,17). The van der Waals surface area contributed by atoms with Gasteiger partial charge in [-0.1, -0.05) is 183 Å². The van der Waals surface area contributed by atoms with E-state index in [1.54, 1.807) is 0 Å². The Morgan fingerprint density at radius 3 is 1.04 bits per heavy atom. The molecule has 0 aromatic heterocycles. The molecule has 0 radical (unpaired) electrons. The topological polar surface area (TPSA) is 317 Å². The minimum Gasteiger partial charge on any atom is -0.379 e. The third-order valence-electron chi connectivity index (χ3n) is 21.4. The number of Topliss-reactive ketones (excluding diaryl/α,β-unsaturated/α-hetero) is 5. The maximum Gasteiger partial charge on any atom is 0.233 e. The van der Waals surface area contributed by atoms with Gasteiger partial charge in [-0.2, -0.15) is 0 Å². The largest absolute Gasteiger partial charge is 0.379 e. The molecule has 3 aliphatic heterocycles. The van der Waals surface area contributed by atoms with Crippen molar-refractivity contribution < 1.29 is 81.3 Å². The molecule has 0 aromatic carbocycles. The fourth-order valence-corrected chi connectivity index (χ4v) is 13.9. The summed E-state index contributed by atoms with van der Waals surface area (Å²) in [6.07, 6.45) is 18.8. The molecule has 7 atom stereocenters.